The standard InChI is InChI=1S/C17H15FN2O/c1-2-20(12-7-4-3-5-8-12)17(21)16-11-13-14(18)9-6-10-15(13)19-16/h3-11,19H,2H2,1H3. The van der Waals surface area contributed by atoms with Gasteiger partial charge in [-0.2, -0.15) is 0 Å². The van der Waals surface area contributed by atoms with Crippen molar-refractivity contribution in [2.75, 3.05) is 11.4 Å². The van der Waals surface area contributed by atoms with Crippen LogP contribution < -0.4 is 4.90 Å². The maximum atomic E-state index is 13.7. The molecule has 0 aliphatic heterocycles. The molecule has 0 spiro atoms. The molecule has 0 radical (unpaired) electrons. The predicted octanol–water partition coefficient (Wildman–Crippen LogP) is 3.97. The Morgan fingerprint density at radius 2 is 1.90 bits per heavy atom. The smallest absolute Gasteiger partial charge is 0.274 e. The van der Waals surface area contributed by atoms with E-state index in [0.29, 0.717) is 23.1 Å². The molecule has 21 heavy (non-hydrogen) atoms. The van der Waals surface area contributed by atoms with Gasteiger partial charge in [0.2, 0.25) is 0 Å². The molecule has 106 valence electrons. The van der Waals surface area contributed by atoms with E-state index in [4.69, 9.17) is 0 Å². The van der Waals surface area contributed by atoms with Crippen molar-refractivity contribution in [1.82, 2.24) is 4.98 Å². The van der Waals surface area contributed by atoms with Crippen molar-refractivity contribution < 1.29 is 9.18 Å². The Kier molecular flexibility index (Phi) is 3.44. The molecule has 1 heterocycles. The van der Waals surface area contributed by atoms with Crippen LogP contribution in [0.2, 0.25) is 0 Å². The summed E-state index contributed by atoms with van der Waals surface area (Å²) in [5, 5.41) is 0.435. The number of H-pyrrole nitrogens is 1. The van der Waals surface area contributed by atoms with Crippen LogP contribution in [0.15, 0.2) is 54.6 Å². The summed E-state index contributed by atoms with van der Waals surface area (Å²) in [7, 11) is 0. The van der Waals surface area contributed by atoms with E-state index in [2.05, 4.69) is 4.98 Å². The fourth-order valence-corrected chi connectivity index (χ4v) is 2.43. The Bertz CT molecular complexity index is 780. The molecule has 0 aliphatic carbocycles. The molecule has 3 rings (SSSR count). The summed E-state index contributed by atoms with van der Waals surface area (Å²) in [6, 6.07) is 15.8. The third kappa shape index (κ3) is 2.40. The Balaban J connectivity index is 2.01. The number of anilines is 1. The highest BCUT2D eigenvalue weighted by Gasteiger charge is 2.18. The number of hydrogen-bond donors (Lipinski definition) is 1. The lowest BCUT2D eigenvalue weighted by molar-refractivity contribution is 0.0984. The molecule has 0 aliphatic rings. The number of nitrogens with zero attached hydrogens (tertiary/aromatic N) is 1. The maximum Gasteiger partial charge on any atom is 0.274 e. The highest BCUT2D eigenvalue weighted by atomic mass is 19.1. The van der Waals surface area contributed by atoms with Gasteiger partial charge in [0.15, 0.2) is 0 Å². The van der Waals surface area contributed by atoms with Crippen molar-refractivity contribution in [3.63, 3.8) is 0 Å². The molecule has 0 unspecified atom stereocenters. The summed E-state index contributed by atoms with van der Waals surface area (Å²) in [6.45, 7) is 2.45. The van der Waals surface area contributed by atoms with Crippen molar-refractivity contribution in [1.29, 1.82) is 0 Å². The summed E-state index contributed by atoms with van der Waals surface area (Å²) in [5.41, 5.74) is 1.84. The van der Waals surface area contributed by atoms with Crippen molar-refractivity contribution >= 4 is 22.5 Å². The quantitative estimate of drug-likeness (QED) is 0.775. The number of nitrogens with one attached hydrogen (secondary N) is 1. The average molecular weight is 282 g/mol. The Hall–Kier alpha value is -2.62. The van der Waals surface area contributed by atoms with E-state index >= 15 is 0 Å². The number of carbonyl (C=O) groups is 1. The van der Waals surface area contributed by atoms with Crippen LogP contribution in [0, 0.1) is 5.82 Å². The van der Waals surface area contributed by atoms with Crippen molar-refractivity contribution in [2.24, 2.45) is 0 Å². The van der Waals surface area contributed by atoms with Crippen LogP contribution in [-0.2, 0) is 0 Å². The van der Waals surface area contributed by atoms with Crippen molar-refractivity contribution in [2.45, 2.75) is 6.92 Å². The number of fused-ring (bicyclic) bond motifs is 1. The number of hydrogen-bond acceptors (Lipinski definition) is 1. The van der Waals surface area contributed by atoms with Gasteiger partial charge in [0.05, 0.1) is 0 Å². The van der Waals surface area contributed by atoms with Gasteiger partial charge in [0, 0.05) is 23.1 Å². The predicted molar refractivity (Wildman–Crippen MR) is 82.0 cm³/mol. The summed E-state index contributed by atoms with van der Waals surface area (Å²) >= 11 is 0. The first kappa shape index (κ1) is 13.4. The number of aromatic amines is 1. The molecule has 1 aromatic heterocycles. The van der Waals surface area contributed by atoms with Crippen molar-refractivity contribution in [3.05, 3.63) is 66.1 Å². The fourth-order valence-electron chi connectivity index (χ4n) is 2.43. The van der Waals surface area contributed by atoms with E-state index in [9.17, 15) is 9.18 Å². The summed E-state index contributed by atoms with van der Waals surface area (Å²) in [5.74, 6) is -0.496. The largest absolute Gasteiger partial charge is 0.350 e. The number of halogens is 1. The molecule has 0 saturated heterocycles. The van der Waals surface area contributed by atoms with E-state index in [0.717, 1.165) is 5.69 Å². The van der Waals surface area contributed by atoms with E-state index in [1.807, 2.05) is 37.3 Å². The Morgan fingerprint density at radius 1 is 1.14 bits per heavy atom. The molecule has 4 heteroatoms. The van der Waals surface area contributed by atoms with Gasteiger partial charge in [-0.3, -0.25) is 4.79 Å². The third-order valence-electron chi connectivity index (χ3n) is 3.47. The van der Waals surface area contributed by atoms with E-state index in [-0.39, 0.29) is 11.7 Å². The molecule has 0 saturated carbocycles. The van der Waals surface area contributed by atoms with Gasteiger partial charge in [-0.05, 0) is 37.3 Å². The first-order chi connectivity index (χ1) is 10.2. The number of para-hydroxylation sites is 1. The molecule has 2 aromatic carbocycles. The highest BCUT2D eigenvalue weighted by molar-refractivity contribution is 6.07. The van der Waals surface area contributed by atoms with Crippen LogP contribution in [0.3, 0.4) is 0 Å². The summed E-state index contributed by atoms with van der Waals surface area (Å²) in [6.07, 6.45) is 0. The first-order valence-corrected chi connectivity index (χ1v) is 6.85. The minimum Gasteiger partial charge on any atom is -0.350 e. The minimum atomic E-state index is -0.328. The van der Waals surface area contributed by atoms with E-state index < -0.39 is 0 Å². The van der Waals surface area contributed by atoms with Crippen molar-refractivity contribution in [3.8, 4) is 0 Å². The lowest BCUT2D eigenvalue weighted by Gasteiger charge is -2.20. The second kappa shape index (κ2) is 5.40. The lowest BCUT2D eigenvalue weighted by Crippen LogP contribution is -2.30. The highest BCUT2D eigenvalue weighted by Crippen LogP contribution is 2.21. The summed E-state index contributed by atoms with van der Waals surface area (Å²) < 4.78 is 13.7. The monoisotopic (exact) mass is 282 g/mol. The maximum absolute atomic E-state index is 13.7. The third-order valence-corrected chi connectivity index (χ3v) is 3.47. The van der Waals surface area contributed by atoms with Gasteiger partial charge in [0.1, 0.15) is 11.5 Å². The number of rotatable bonds is 3. The molecule has 3 nitrogen and oxygen atoms in total. The molecular weight excluding hydrogens is 267 g/mol. The second-order valence-corrected chi connectivity index (χ2v) is 4.77. The molecule has 0 fully saturated rings. The molecule has 3 aromatic rings. The van der Waals surface area contributed by atoms with Gasteiger partial charge in [-0.1, -0.05) is 24.3 Å². The Labute approximate surface area is 122 Å². The van der Waals surface area contributed by atoms with Gasteiger partial charge in [-0.25, -0.2) is 4.39 Å². The molecule has 0 bridgehead atoms. The molecular formula is C17H15FN2O. The van der Waals surface area contributed by atoms with Crippen LogP contribution >= 0.6 is 0 Å². The van der Waals surface area contributed by atoms with E-state index in [1.165, 1.54) is 6.07 Å². The van der Waals surface area contributed by atoms with Crippen LogP contribution in [0.25, 0.3) is 10.9 Å². The van der Waals surface area contributed by atoms with E-state index in [1.54, 1.807) is 23.1 Å². The average Bonchev–Trinajstić information content (AvgIpc) is 2.95. The number of carbonyl (C=O) groups excluding carboxylic acids is 1. The minimum absolute atomic E-state index is 0.167. The van der Waals surface area contributed by atoms with Crippen LogP contribution in [-0.4, -0.2) is 17.4 Å². The zero-order chi connectivity index (χ0) is 14.8. The molecule has 0 atom stereocenters. The summed E-state index contributed by atoms with van der Waals surface area (Å²) in [4.78, 5) is 17.3. The first-order valence-electron chi connectivity index (χ1n) is 6.85. The second-order valence-electron chi connectivity index (χ2n) is 4.77. The zero-order valence-electron chi connectivity index (χ0n) is 11.6. The number of aromatic nitrogens is 1. The van der Waals surface area contributed by atoms with Crippen LogP contribution in [0.5, 0.6) is 0 Å². The zero-order valence-corrected chi connectivity index (χ0v) is 11.6. The normalized spacial score (nSPS) is 10.8. The fraction of sp³-hybridized carbons (Fsp3) is 0.118. The van der Waals surface area contributed by atoms with Crippen LogP contribution in [0.4, 0.5) is 10.1 Å². The van der Waals surface area contributed by atoms with Gasteiger partial charge >= 0.3 is 0 Å². The number of amides is 1. The van der Waals surface area contributed by atoms with Gasteiger partial charge < -0.3 is 9.88 Å². The Morgan fingerprint density at radius 3 is 2.57 bits per heavy atom. The topological polar surface area (TPSA) is 36.1 Å². The number of benzene rings is 2. The van der Waals surface area contributed by atoms with Crippen LogP contribution in [0.1, 0.15) is 17.4 Å². The van der Waals surface area contributed by atoms with Gasteiger partial charge in [0.25, 0.3) is 5.91 Å². The molecule has 1 amide bonds. The molecule has 1 N–H and O–H groups in total. The SMILES string of the molecule is CCN(C(=O)c1cc2c(F)cccc2[nH]1)c1ccccc1. The van der Waals surface area contributed by atoms with Gasteiger partial charge in [-0.15, -0.1) is 0 Å². The lowest BCUT2D eigenvalue weighted by atomic mass is 10.2.